The lowest BCUT2D eigenvalue weighted by molar-refractivity contribution is -0.166. The Morgan fingerprint density at radius 2 is 0.581 bits per heavy atom. The summed E-state index contributed by atoms with van der Waals surface area (Å²) in [4.78, 5) is 38.2. The number of carbonyl (C=O) groups is 3. The van der Waals surface area contributed by atoms with E-state index in [0.29, 0.717) is 12.8 Å². The topological polar surface area (TPSA) is 78.9 Å². The minimum absolute atomic E-state index is 0.110. The first kappa shape index (κ1) is 70.3. The molecule has 0 spiro atoms. The van der Waals surface area contributed by atoms with Gasteiger partial charge in [-0.05, 0) is 83.5 Å². The third-order valence-corrected chi connectivity index (χ3v) is 13.4. The van der Waals surface area contributed by atoms with Crippen molar-refractivity contribution in [3.63, 3.8) is 0 Å². The molecule has 0 rings (SSSR count). The summed E-state index contributed by atoms with van der Waals surface area (Å²) in [5, 5.41) is 0. The van der Waals surface area contributed by atoms with E-state index in [-0.39, 0.29) is 31.6 Å². The number of hydrogen-bond acceptors (Lipinski definition) is 6. The van der Waals surface area contributed by atoms with Gasteiger partial charge in [-0.15, -0.1) is 0 Å². The van der Waals surface area contributed by atoms with E-state index in [1.807, 2.05) is 6.08 Å². The molecule has 0 saturated heterocycles. The standard InChI is InChI=1S/C68H116O6/c1-4-7-10-13-16-19-22-25-28-30-32-33-34-35-36-38-40-43-46-49-52-55-58-61-67(70)73-64-65(63-72-66(69)60-57-54-51-48-45-42-39-27-24-21-18-15-12-9-6-3)74-68(71)62-59-56-53-50-47-44-41-37-31-29-26-23-20-17-14-11-8-5-2/h9,12,18,21-22,25,27,30,32,34-35,39,45,48,54,57,65H,4-8,10-11,13-17,19-20,23-24,26,28-29,31,33,36-38,40-44,46-47,49-53,55-56,58-64H2,1-3H3/b12-9-,21-18-,25-22-,32-30-,35-34-,39-27-,48-45-,57-54-. The van der Waals surface area contributed by atoms with E-state index in [2.05, 4.69) is 106 Å². The molecule has 74 heavy (non-hydrogen) atoms. The summed E-state index contributed by atoms with van der Waals surface area (Å²) in [5.74, 6) is -1.04. The Labute approximate surface area is 457 Å². The number of ether oxygens (including phenoxy) is 3. The maximum atomic E-state index is 12.9. The van der Waals surface area contributed by atoms with E-state index < -0.39 is 12.1 Å². The van der Waals surface area contributed by atoms with Crippen LogP contribution < -0.4 is 0 Å². The number of unbranched alkanes of at least 4 members (excludes halogenated alkanes) is 30. The van der Waals surface area contributed by atoms with Crippen molar-refractivity contribution in [3.8, 4) is 0 Å². The summed E-state index contributed by atoms with van der Waals surface area (Å²) in [5.41, 5.74) is 0. The molecule has 6 heteroatoms. The molecule has 0 saturated carbocycles. The number of esters is 3. The largest absolute Gasteiger partial charge is 0.462 e. The van der Waals surface area contributed by atoms with Crippen LogP contribution in [0.4, 0.5) is 0 Å². The third-order valence-electron chi connectivity index (χ3n) is 13.4. The molecule has 0 radical (unpaired) electrons. The van der Waals surface area contributed by atoms with Gasteiger partial charge in [-0.3, -0.25) is 14.4 Å². The van der Waals surface area contributed by atoms with Crippen LogP contribution in [0, 0.1) is 0 Å². The van der Waals surface area contributed by atoms with Crippen LogP contribution in [0.1, 0.15) is 297 Å². The molecular weight excluding hydrogens is 913 g/mol. The fraction of sp³-hybridized carbons (Fsp3) is 0.721. The smallest absolute Gasteiger partial charge is 0.309 e. The Balaban J connectivity index is 4.43. The Morgan fingerprint density at radius 1 is 0.297 bits per heavy atom. The summed E-state index contributed by atoms with van der Waals surface area (Å²) >= 11 is 0. The van der Waals surface area contributed by atoms with Gasteiger partial charge >= 0.3 is 17.9 Å². The molecule has 0 heterocycles. The number of hydrogen-bond donors (Lipinski definition) is 0. The highest BCUT2D eigenvalue weighted by molar-refractivity contribution is 5.72. The second-order valence-corrected chi connectivity index (χ2v) is 20.6. The Bertz CT molecular complexity index is 1460. The van der Waals surface area contributed by atoms with Crippen LogP contribution >= 0.6 is 0 Å². The van der Waals surface area contributed by atoms with E-state index in [9.17, 15) is 14.4 Å². The molecule has 0 aromatic carbocycles. The average molecular weight is 1030 g/mol. The highest BCUT2D eigenvalue weighted by atomic mass is 16.6. The van der Waals surface area contributed by atoms with Crippen LogP contribution in [0.5, 0.6) is 0 Å². The van der Waals surface area contributed by atoms with Gasteiger partial charge in [-0.25, -0.2) is 0 Å². The molecule has 0 amide bonds. The van der Waals surface area contributed by atoms with Gasteiger partial charge in [0.25, 0.3) is 0 Å². The first-order valence-electron chi connectivity index (χ1n) is 31.2. The lowest BCUT2D eigenvalue weighted by Gasteiger charge is -2.18. The highest BCUT2D eigenvalue weighted by Crippen LogP contribution is 2.16. The van der Waals surface area contributed by atoms with Gasteiger partial charge in [0.1, 0.15) is 13.2 Å². The predicted octanol–water partition coefficient (Wildman–Crippen LogP) is 21.3. The SMILES string of the molecule is CC/C=C\C/C=C\C/C=C\C/C=C\C/C=C\CC(=O)OCC(COC(=O)CCCCCCCCCC/C=C\C/C=C\C/C=C\CCCCCCC)OC(=O)CCCCCCCCCCCCCCCCCCCC. The van der Waals surface area contributed by atoms with Gasteiger partial charge < -0.3 is 14.2 Å². The summed E-state index contributed by atoms with van der Waals surface area (Å²) in [6.45, 7) is 6.45. The minimum Gasteiger partial charge on any atom is -0.462 e. The second kappa shape index (κ2) is 61.9. The summed E-state index contributed by atoms with van der Waals surface area (Å²) in [7, 11) is 0. The Kier molecular flexibility index (Phi) is 58.8. The zero-order valence-electron chi connectivity index (χ0n) is 48.6. The van der Waals surface area contributed by atoms with Crippen molar-refractivity contribution < 1.29 is 28.6 Å². The fourth-order valence-electron chi connectivity index (χ4n) is 8.70. The molecule has 0 aromatic heterocycles. The molecule has 0 aliphatic rings. The van der Waals surface area contributed by atoms with Gasteiger partial charge in [-0.2, -0.15) is 0 Å². The van der Waals surface area contributed by atoms with Gasteiger partial charge in [-0.1, -0.05) is 291 Å². The minimum atomic E-state index is -0.821. The zero-order valence-corrected chi connectivity index (χ0v) is 48.6. The fourth-order valence-corrected chi connectivity index (χ4v) is 8.70. The Hall–Kier alpha value is -3.67. The number of allylic oxidation sites excluding steroid dienone is 15. The highest BCUT2D eigenvalue weighted by Gasteiger charge is 2.19. The quantitative estimate of drug-likeness (QED) is 0.0261. The average Bonchev–Trinajstić information content (AvgIpc) is 3.40. The maximum absolute atomic E-state index is 12.9. The summed E-state index contributed by atoms with van der Waals surface area (Å²) in [6, 6.07) is 0. The first-order chi connectivity index (χ1) is 36.5. The van der Waals surface area contributed by atoms with Gasteiger partial charge in [0.15, 0.2) is 6.10 Å². The van der Waals surface area contributed by atoms with Crippen LogP contribution in [0.2, 0.25) is 0 Å². The predicted molar refractivity (Wildman–Crippen MR) is 320 cm³/mol. The van der Waals surface area contributed by atoms with Crippen LogP contribution in [0.3, 0.4) is 0 Å². The van der Waals surface area contributed by atoms with Crippen molar-refractivity contribution in [2.75, 3.05) is 13.2 Å². The van der Waals surface area contributed by atoms with Crippen molar-refractivity contribution in [1.82, 2.24) is 0 Å². The number of carbonyl (C=O) groups excluding carboxylic acids is 3. The normalized spacial score (nSPS) is 12.7. The lowest BCUT2D eigenvalue weighted by atomic mass is 10.0. The molecule has 1 unspecified atom stereocenters. The van der Waals surface area contributed by atoms with E-state index >= 15 is 0 Å². The molecule has 0 aliphatic carbocycles. The number of rotatable bonds is 56. The molecule has 0 fully saturated rings. The Morgan fingerprint density at radius 3 is 0.946 bits per heavy atom. The first-order valence-corrected chi connectivity index (χ1v) is 31.2. The van der Waals surface area contributed by atoms with Crippen molar-refractivity contribution >= 4 is 17.9 Å². The van der Waals surface area contributed by atoms with E-state index in [1.54, 1.807) is 6.08 Å². The molecule has 0 bridgehead atoms. The van der Waals surface area contributed by atoms with Crippen molar-refractivity contribution in [3.05, 3.63) is 97.2 Å². The summed E-state index contributed by atoms with van der Waals surface area (Å²) in [6.07, 6.45) is 82.9. The van der Waals surface area contributed by atoms with Gasteiger partial charge in [0, 0.05) is 12.8 Å². The van der Waals surface area contributed by atoms with Crippen LogP contribution in [-0.4, -0.2) is 37.2 Å². The van der Waals surface area contributed by atoms with E-state index in [1.165, 1.54) is 167 Å². The van der Waals surface area contributed by atoms with Crippen LogP contribution in [-0.2, 0) is 28.6 Å². The maximum Gasteiger partial charge on any atom is 0.309 e. The molecule has 1 atom stereocenters. The second-order valence-electron chi connectivity index (χ2n) is 20.6. The monoisotopic (exact) mass is 1030 g/mol. The van der Waals surface area contributed by atoms with Crippen LogP contribution in [0.25, 0.3) is 0 Å². The van der Waals surface area contributed by atoms with Crippen molar-refractivity contribution in [2.24, 2.45) is 0 Å². The van der Waals surface area contributed by atoms with E-state index in [4.69, 9.17) is 14.2 Å². The molecular formula is C68H116O6. The molecule has 424 valence electrons. The molecule has 0 aliphatic heterocycles. The lowest BCUT2D eigenvalue weighted by Crippen LogP contribution is -2.30. The molecule has 0 aromatic rings. The van der Waals surface area contributed by atoms with E-state index in [0.717, 1.165) is 89.9 Å². The molecule has 6 nitrogen and oxygen atoms in total. The van der Waals surface area contributed by atoms with Crippen LogP contribution in [0.15, 0.2) is 97.2 Å². The molecule has 0 N–H and O–H groups in total. The van der Waals surface area contributed by atoms with Gasteiger partial charge in [0.2, 0.25) is 0 Å². The van der Waals surface area contributed by atoms with Crippen molar-refractivity contribution in [2.45, 2.75) is 303 Å². The van der Waals surface area contributed by atoms with Crippen molar-refractivity contribution in [1.29, 1.82) is 0 Å². The third kappa shape index (κ3) is 59.2. The zero-order chi connectivity index (χ0) is 53.6. The summed E-state index contributed by atoms with van der Waals surface area (Å²) < 4.78 is 16.8. The van der Waals surface area contributed by atoms with Gasteiger partial charge in [0.05, 0.1) is 6.42 Å².